The molecule has 0 aliphatic carbocycles. The molecule has 0 aliphatic rings. The summed E-state index contributed by atoms with van der Waals surface area (Å²) in [5.74, 6) is 0. The smallest absolute Gasteiger partial charge is 0.261 e. The van der Waals surface area contributed by atoms with Gasteiger partial charge >= 0.3 is 0 Å². The van der Waals surface area contributed by atoms with Crippen molar-refractivity contribution in [3.8, 4) is 0 Å². The van der Waals surface area contributed by atoms with Gasteiger partial charge in [0.05, 0.1) is 15.6 Å². The molecule has 0 aliphatic heterocycles. The van der Waals surface area contributed by atoms with Crippen LogP contribution in [0.25, 0.3) is 0 Å². The zero-order valence-corrected chi connectivity index (χ0v) is 13.2. The fraction of sp³-hybridized carbons (Fsp3) is 0.200. The number of hydrogen-bond acceptors (Lipinski definition) is 3. The Bertz CT molecular complexity index is 708. The molecular weight excluding hydrogens is 308 g/mol. The van der Waals surface area contributed by atoms with E-state index in [4.69, 9.17) is 17.3 Å². The molecule has 0 heterocycles. The molecule has 0 atom stereocenters. The Labute approximate surface area is 130 Å². The van der Waals surface area contributed by atoms with Gasteiger partial charge in [0.2, 0.25) is 0 Å². The highest BCUT2D eigenvalue weighted by atomic mass is 35.5. The number of halogens is 1. The van der Waals surface area contributed by atoms with E-state index in [-0.39, 0.29) is 4.90 Å². The van der Waals surface area contributed by atoms with E-state index in [1.807, 2.05) is 0 Å². The number of aryl methyl sites for hydroxylation is 1. The first-order chi connectivity index (χ1) is 9.94. The van der Waals surface area contributed by atoms with Crippen LogP contribution in [0.15, 0.2) is 47.4 Å². The SMILES string of the molecule is Cc1cccc(Cl)c1NS(=O)(=O)c1ccc(CCN)cc1. The summed E-state index contributed by atoms with van der Waals surface area (Å²) in [6, 6.07) is 11.9. The van der Waals surface area contributed by atoms with E-state index in [1.54, 1.807) is 49.4 Å². The van der Waals surface area contributed by atoms with Crippen LogP contribution < -0.4 is 10.5 Å². The van der Waals surface area contributed by atoms with Gasteiger partial charge < -0.3 is 5.73 Å². The molecule has 3 N–H and O–H groups in total. The molecule has 6 heteroatoms. The molecule has 4 nitrogen and oxygen atoms in total. The Hall–Kier alpha value is -1.56. The number of nitrogens with one attached hydrogen (secondary N) is 1. The van der Waals surface area contributed by atoms with E-state index in [2.05, 4.69) is 4.72 Å². The molecule has 21 heavy (non-hydrogen) atoms. The van der Waals surface area contributed by atoms with Crippen molar-refractivity contribution in [2.75, 3.05) is 11.3 Å². The second kappa shape index (κ2) is 6.47. The molecule has 112 valence electrons. The minimum atomic E-state index is -3.66. The number of para-hydroxylation sites is 1. The van der Waals surface area contributed by atoms with Gasteiger partial charge in [-0.2, -0.15) is 0 Å². The van der Waals surface area contributed by atoms with E-state index < -0.39 is 10.0 Å². The first-order valence-electron chi connectivity index (χ1n) is 6.51. The van der Waals surface area contributed by atoms with Crippen LogP contribution in [0.5, 0.6) is 0 Å². The number of nitrogens with two attached hydrogens (primary N) is 1. The molecular formula is C15H17ClN2O2S. The Morgan fingerprint density at radius 1 is 1.14 bits per heavy atom. The van der Waals surface area contributed by atoms with Crippen LogP contribution in [0.3, 0.4) is 0 Å². The van der Waals surface area contributed by atoms with Crippen molar-refractivity contribution in [3.05, 3.63) is 58.6 Å². The highest BCUT2D eigenvalue weighted by Crippen LogP contribution is 2.27. The Balaban J connectivity index is 2.30. The molecule has 0 unspecified atom stereocenters. The Morgan fingerprint density at radius 3 is 2.38 bits per heavy atom. The number of benzene rings is 2. The van der Waals surface area contributed by atoms with Gasteiger partial charge in [0, 0.05) is 0 Å². The van der Waals surface area contributed by atoms with Crippen LogP contribution in [0.4, 0.5) is 5.69 Å². The predicted octanol–water partition coefficient (Wildman–Crippen LogP) is 2.95. The monoisotopic (exact) mass is 324 g/mol. The van der Waals surface area contributed by atoms with Gasteiger partial charge in [0.25, 0.3) is 10.0 Å². The van der Waals surface area contributed by atoms with E-state index in [1.165, 1.54) is 0 Å². The van der Waals surface area contributed by atoms with E-state index >= 15 is 0 Å². The molecule has 0 bridgehead atoms. The van der Waals surface area contributed by atoms with E-state index in [0.29, 0.717) is 17.3 Å². The Morgan fingerprint density at radius 2 is 1.81 bits per heavy atom. The highest BCUT2D eigenvalue weighted by Gasteiger charge is 2.16. The minimum Gasteiger partial charge on any atom is -0.330 e. The summed E-state index contributed by atoms with van der Waals surface area (Å²) in [6.45, 7) is 2.33. The molecule has 0 spiro atoms. The second-order valence-electron chi connectivity index (χ2n) is 4.72. The number of anilines is 1. The molecule has 0 aromatic heterocycles. The lowest BCUT2D eigenvalue weighted by Crippen LogP contribution is -2.14. The zero-order chi connectivity index (χ0) is 15.5. The molecule has 0 amide bonds. The molecule has 2 rings (SSSR count). The van der Waals surface area contributed by atoms with Crippen molar-refractivity contribution in [1.29, 1.82) is 0 Å². The molecule has 2 aromatic carbocycles. The third kappa shape index (κ3) is 3.75. The number of hydrogen-bond donors (Lipinski definition) is 2. The molecule has 2 aromatic rings. The van der Waals surface area contributed by atoms with Crippen molar-refractivity contribution in [2.45, 2.75) is 18.2 Å². The van der Waals surface area contributed by atoms with Crippen LogP contribution in [-0.4, -0.2) is 15.0 Å². The van der Waals surface area contributed by atoms with Gasteiger partial charge in [-0.1, -0.05) is 35.9 Å². The maximum absolute atomic E-state index is 12.4. The van der Waals surface area contributed by atoms with Gasteiger partial charge in [-0.25, -0.2) is 8.42 Å². The summed E-state index contributed by atoms with van der Waals surface area (Å²) in [5.41, 5.74) is 7.66. The molecule has 0 saturated heterocycles. The van der Waals surface area contributed by atoms with Crippen molar-refractivity contribution >= 4 is 27.3 Å². The fourth-order valence-electron chi connectivity index (χ4n) is 1.96. The normalized spacial score (nSPS) is 11.4. The maximum Gasteiger partial charge on any atom is 0.261 e. The van der Waals surface area contributed by atoms with Gasteiger partial charge in [0.15, 0.2) is 0 Å². The lowest BCUT2D eigenvalue weighted by molar-refractivity contribution is 0.601. The molecule has 0 radical (unpaired) electrons. The largest absolute Gasteiger partial charge is 0.330 e. The van der Waals surface area contributed by atoms with Crippen molar-refractivity contribution < 1.29 is 8.42 Å². The summed E-state index contributed by atoms with van der Waals surface area (Å²) in [4.78, 5) is 0.197. The fourth-order valence-corrected chi connectivity index (χ4v) is 3.43. The second-order valence-corrected chi connectivity index (χ2v) is 6.81. The summed E-state index contributed by atoms with van der Waals surface area (Å²) < 4.78 is 27.3. The van der Waals surface area contributed by atoms with Crippen LogP contribution in [0, 0.1) is 6.92 Å². The van der Waals surface area contributed by atoms with Crippen LogP contribution in [0.2, 0.25) is 5.02 Å². The van der Waals surface area contributed by atoms with E-state index in [0.717, 1.165) is 17.5 Å². The first kappa shape index (κ1) is 15.8. The third-order valence-corrected chi connectivity index (χ3v) is 4.81. The summed E-state index contributed by atoms with van der Waals surface area (Å²) in [6.07, 6.45) is 0.720. The third-order valence-electron chi connectivity index (χ3n) is 3.13. The number of rotatable bonds is 5. The van der Waals surface area contributed by atoms with Gasteiger partial charge in [-0.05, 0) is 49.2 Å². The van der Waals surface area contributed by atoms with Crippen molar-refractivity contribution in [2.24, 2.45) is 5.73 Å². The van der Waals surface area contributed by atoms with Crippen LogP contribution >= 0.6 is 11.6 Å². The average molecular weight is 325 g/mol. The first-order valence-corrected chi connectivity index (χ1v) is 8.37. The van der Waals surface area contributed by atoms with Crippen LogP contribution in [0.1, 0.15) is 11.1 Å². The lowest BCUT2D eigenvalue weighted by atomic mass is 10.2. The van der Waals surface area contributed by atoms with E-state index in [9.17, 15) is 8.42 Å². The standard InChI is InChI=1S/C15H17ClN2O2S/c1-11-3-2-4-14(16)15(11)18-21(19,20)13-7-5-12(6-8-13)9-10-17/h2-8,18H,9-10,17H2,1H3. The predicted molar refractivity (Wildman–Crippen MR) is 86.2 cm³/mol. The van der Waals surface area contributed by atoms with Gasteiger partial charge in [-0.15, -0.1) is 0 Å². The van der Waals surface area contributed by atoms with Gasteiger partial charge in [0.1, 0.15) is 0 Å². The van der Waals surface area contributed by atoms with Crippen molar-refractivity contribution in [1.82, 2.24) is 0 Å². The quantitative estimate of drug-likeness (QED) is 0.888. The van der Waals surface area contributed by atoms with Crippen molar-refractivity contribution in [3.63, 3.8) is 0 Å². The number of sulfonamides is 1. The summed E-state index contributed by atoms with van der Waals surface area (Å²) >= 11 is 6.05. The minimum absolute atomic E-state index is 0.197. The lowest BCUT2D eigenvalue weighted by Gasteiger charge is -2.12. The maximum atomic E-state index is 12.4. The van der Waals surface area contributed by atoms with Gasteiger partial charge in [-0.3, -0.25) is 4.72 Å². The summed E-state index contributed by atoms with van der Waals surface area (Å²) in [7, 11) is -3.66. The summed E-state index contributed by atoms with van der Waals surface area (Å²) in [5, 5.41) is 0.373. The van der Waals surface area contributed by atoms with Crippen LogP contribution in [-0.2, 0) is 16.4 Å². The average Bonchev–Trinajstić information content (AvgIpc) is 2.44. The molecule has 0 saturated carbocycles. The topological polar surface area (TPSA) is 72.2 Å². The molecule has 0 fully saturated rings. The zero-order valence-electron chi connectivity index (χ0n) is 11.6. The highest BCUT2D eigenvalue weighted by molar-refractivity contribution is 7.92. The Kier molecular flexibility index (Phi) is 4.88.